The molecule has 1 heterocycles. The number of benzene rings is 2. The summed E-state index contributed by atoms with van der Waals surface area (Å²) in [4.78, 5) is 25.9. The number of para-hydroxylation sites is 1. The molecule has 0 fully saturated rings. The number of rotatable bonds is 6. The van der Waals surface area contributed by atoms with Crippen LogP contribution in [-0.2, 0) is 0 Å². The molecule has 0 saturated heterocycles. The number of amides is 1. The molecule has 136 valence electrons. The maximum atomic E-state index is 12.4. The Morgan fingerprint density at radius 1 is 0.963 bits per heavy atom. The molecule has 0 bridgehead atoms. The third kappa shape index (κ3) is 4.36. The summed E-state index contributed by atoms with van der Waals surface area (Å²) in [6, 6.07) is 20.1. The van der Waals surface area contributed by atoms with Gasteiger partial charge in [-0.1, -0.05) is 30.3 Å². The summed E-state index contributed by atoms with van der Waals surface area (Å²) in [5.41, 5.74) is 2.29. The highest BCUT2D eigenvalue weighted by Gasteiger charge is 2.13. The predicted molar refractivity (Wildman–Crippen MR) is 106 cm³/mol. The minimum Gasteiger partial charge on any atom is -0.325 e. The highest BCUT2D eigenvalue weighted by molar-refractivity contribution is 6.03. The van der Waals surface area contributed by atoms with Crippen molar-refractivity contribution < 1.29 is 9.59 Å². The van der Waals surface area contributed by atoms with Crippen molar-refractivity contribution in [2.45, 2.75) is 13.8 Å². The van der Waals surface area contributed by atoms with Gasteiger partial charge in [0.05, 0.1) is 0 Å². The van der Waals surface area contributed by atoms with Gasteiger partial charge in [0.2, 0.25) is 0 Å². The Labute approximate surface area is 157 Å². The molecule has 0 radical (unpaired) electrons. The van der Waals surface area contributed by atoms with Crippen molar-refractivity contribution in [1.82, 2.24) is 10.2 Å². The van der Waals surface area contributed by atoms with Crippen LogP contribution in [0.25, 0.3) is 0 Å². The Morgan fingerprint density at radius 2 is 1.74 bits per heavy atom. The monoisotopic (exact) mass is 360 g/mol. The lowest BCUT2D eigenvalue weighted by Crippen LogP contribution is -2.19. The van der Waals surface area contributed by atoms with E-state index in [0.717, 1.165) is 12.2 Å². The Morgan fingerprint density at radius 3 is 2.37 bits per heavy atom. The number of ketones is 1. The number of Topliss-reactive ketones (excluding diaryl/α,β-unsaturated/α-hetero) is 1. The molecule has 27 heavy (non-hydrogen) atoms. The first-order valence-electron chi connectivity index (χ1n) is 8.67. The number of nitrogens with one attached hydrogen (secondary N) is 1. The van der Waals surface area contributed by atoms with Crippen LogP contribution in [0.2, 0.25) is 0 Å². The molecule has 0 aliphatic heterocycles. The van der Waals surface area contributed by atoms with Crippen molar-refractivity contribution in [2.24, 2.45) is 0 Å². The fourth-order valence-electron chi connectivity index (χ4n) is 2.69. The van der Waals surface area contributed by atoms with Gasteiger partial charge in [0.1, 0.15) is 0 Å². The number of hydrogen-bond donors (Lipinski definition) is 1. The Bertz CT molecular complexity index is 940. The van der Waals surface area contributed by atoms with Crippen LogP contribution >= 0.6 is 0 Å². The first kappa shape index (κ1) is 18.3. The lowest BCUT2D eigenvalue weighted by Gasteiger charge is -2.21. The molecule has 3 rings (SSSR count). The van der Waals surface area contributed by atoms with E-state index in [1.165, 1.54) is 6.92 Å². The van der Waals surface area contributed by atoms with E-state index in [4.69, 9.17) is 0 Å². The van der Waals surface area contributed by atoms with Crippen LogP contribution in [0.5, 0.6) is 0 Å². The van der Waals surface area contributed by atoms with Gasteiger partial charge in [0.25, 0.3) is 5.91 Å². The number of nitrogens with zero attached hydrogens (tertiary/aromatic N) is 3. The zero-order valence-corrected chi connectivity index (χ0v) is 15.2. The fraction of sp³-hybridized carbons (Fsp3) is 0.143. The maximum Gasteiger partial charge on any atom is 0.276 e. The van der Waals surface area contributed by atoms with Crippen molar-refractivity contribution in [3.05, 3.63) is 78.0 Å². The Hall–Kier alpha value is -3.54. The lowest BCUT2D eigenvalue weighted by molar-refractivity contribution is 0.100. The van der Waals surface area contributed by atoms with Crippen molar-refractivity contribution >= 4 is 28.9 Å². The van der Waals surface area contributed by atoms with E-state index in [1.807, 2.05) is 42.2 Å². The van der Waals surface area contributed by atoms with E-state index >= 15 is 0 Å². The number of hydrogen-bond acceptors (Lipinski definition) is 5. The highest BCUT2D eigenvalue weighted by atomic mass is 16.2. The Balaban J connectivity index is 1.75. The van der Waals surface area contributed by atoms with Gasteiger partial charge in [-0.05, 0) is 50.2 Å². The van der Waals surface area contributed by atoms with E-state index in [1.54, 1.807) is 36.4 Å². The summed E-state index contributed by atoms with van der Waals surface area (Å²) >= 11 is 0. The van der Waals surface area contributed by atoms with Crippen LogP contribution in [0.1, 0.15) is 34.7 Å². The van der Waals surface area contributed by atoms with Gasteiger partial charge in [0.15, 0.2) is 17.3 Å². The fourth-order valence-corrected chi connectivity index (χ4v) is 2.69. The second-order valence-electron chi connectivity index (χ2n) is 5.95. The summed E-state index contributed by atoms with van der Waals surface area (Å²) in [7, 11) is 0. The van der Waals surface area contributed by atoms with Crippen LogP contribution in [0.3, 0.4) is 0 Å². The van der Waals surface area contributed by atoms with Gasteiger partial charge in [0, 0.05) is 23.5 Å². The van der Waals surface area contributed by atoms with Crippen LogP contribution < -0.4 is 10.2 Å². The summed E-state index contributed by atoms with van der Waals surface area (Å²) in [6.07, 6.45) is 0. The van der Waals surface area contributed by atoms with Crippen LogP contribution in [0.15, 0.2) is 66.7 Å². The maximum absolute atomic E-state index is 12.4. The second-order valence-corrected chi connectivity index (χ2v) is 5.95. The van der Waals surface area contributed by atoms with Gasteiger partial charge >= 0.3 is 0 Å². The summed E-state index contributed by atoms with van der Waals surface area (Å²) in [6.45, 7) is 4.23. The van der Waals surface area contributed by atoms with Gasteiger partial charge in [-0.15, -0.1) is 10.2 Å². The molecule has 0 unspecified atom stereocenters. The summed E-state index contributed by atoms with van der Waals surface area (Å²) in [5.74, 6) is 0.229. The van der Waals surface area contributed by atoms with Crippen LogP contribution in [0, 0.1) is 0 Å². The molecule has 0 aliphatic rings. The molecule has 1 amide bonds. The average Bonchev–Trinajstić information content (AvgIpc) is 2.70. The van der Waals surface area contributed by atoms with Gasteiger partial charge in [-0.2, -0.15) is 0 Å². The van der Waals surface area contributed by atoms with E-state index in [0.29, 0.717) is 17.1 Å². The molecule has 1 N–H and O–H groups in total. The number of carbonyl (C=O) groups is 2. The van der Waals surface area contributed by atoms with Crippen molar-refractivity contribution in [3.8, 4) is 0 Å². The quantitative estimate of drug-likeness (QED) is 0.670. The first-order chi connectivity index (χ1) is 13.1. The molecule has 0 aliphatic carbocycles. The van der Waals surface area contributed by atoms with Crippen LogP contribution in [-0.4, -0.2) is 28.4 Å². The second kappa shape index (κ2) is 8.23. The predicted octanol–water partition coefficient (Wildman–Crippen LogP) is 4.09. The molecule has 0 atom stereocenters. The summed E-state index contributed by atoms with van der Waals surface area (Å²) < 4.78 is 0. The molecule has 3 aromatic rings. The third-order valence-electron chi connectivity index (χ3n) is 4.07. The lowest BCUT2D eigenvalue weighted by atomic mass is 10.1. The van der Waals surface area contributed by atoms with Gasteiger partial charge in [-0.3, -0.25) is 9.59 Å². The molecule has 0 saturated carbocycles. The first-order valence-corrected chi connectivity index (χ1v) is 8.67. The molecule has 6 nitrogen and oxygen atoms in total. The normalized spacial score (nSPS) is 10.3. The molecule has 0 spiro atoms. The summed E-state index contributed by atoms with van der Waals surface area (Å²) in [5, 5.41) is 11.0. The van der Waals surface area contributed by atoms with Crippen molar-refractivity contribution in [2.75, 3.05) is 16.8 Å². The van der Waals surface area contributed by atoms with E-state index < -0.39 is 0 Å². The average molecular weight is 360 g/mol. The zero-order valence-electron chi connectivity index (χ0n) is 15.2. The minimum atomic E-state index is -0.377. The van der Waals surface area contributed by atoms with Crippen molar-refractivity contribution in [1.29, 1.82) is 0 Å². The highest BCUT2D eigenvalue weighted by Crippen LogP contribution is 2.22. The van der Waals surface area contributed by atoms with Gasteiger partial charge in [-0.25, -0.2) is 0 Å². The largest absolute Gasteiger partial charge is 0.325 e. The number of anilines is 3. The van der Waals surface area contributed by atoms with E-state index in [-0.39, 0.29) is 17.4 Å². The van der Waals surface area contributed by atoms with Crippen molar-refractivity contribution in [3.63, 3.8) is 0 Å². The minimum absolute atomic E-state index is 0.0594. The topological polar surface area (TPSA) is 75.2 Å². The zero-order chi connectivity index (χ0) is 19.2. The Kier molecular flexibility index (Phi) is 5.56. The van der Waals surface area contributed by atoms with E-state index in [9.17, 15) is 9.59 Å². The molecule has 1 aromatic heterocycles. The molecule has 2 aromatic carbocycles. The SMILES string of the molecule is CCN(c1ccccc1)c1ccc(C(=O)Nc2cccc(C(C)=O)c2)nn1. The van der Waals surface area contributed by atoms with Crippen LogP contribution in [0.4, 0.5) is 17.2 Å². The number of carbonyl (C=O) groups excluding carboxylic acids is 2. The molecular weight excluding hydrogens is 340 g/mol. The third-order valence-corrected chi connectivity index (χ3v) is 4.07. The standard InChI is InChI=1S/C21H20N4O2/c1-3-25(18-10-5-4-6-11-18)20-13-12-19(23-24-20)21(27)22-17-9-7-8-16(14-17)15(2)26/h4-14H,3H2,1-2H3,(H,22,27). The molecule has 6 heteroatoms. The number of aromatic nitrogens is 2. The molecular formula is C21H20N4O2. The van der Waals surface area contributed by atoms with E-state index in [2.05, 4.69) is 15.5 Å². The smallest absolute Gasteiger partial charge is 0.276 e. The van der Waals surface area contributed by atoms with Gasteiger partial charge < -0.3 is 10.2 Å².